The van der Waals surface area contributed by atoms with E-state index in [1.807, 2.05) is 24.9 Å². The fourth-order valence-electron chi connectivity index (χ4n) is 2.03. The van der Waals surface area contributed by atoms with Gasteiger partial charge in [-0.25, -0.2) is 0 Å². The first-order valence-corrected chi connectivity index (χ1v) is 7.87. The highest BCUT2D eigenvalue weighted by atomic mass is 32.2. The molecule has 3 heteroatoms. The van der Waals surface area contributed by atoms with Crippen LogP contribution in [-0.2, 0) is 6.42 Å². The number of benzene rings is 1. The van der Waals surface area contributed by atoms with E-state index in [0.717, 1.165) is 17.7 Å². The maximum absolute atomic E-state index is 4.74. The van der Waals surface area contributed by atoms with Crippen molar-refractivity contribution in [2.75, 3.05) is 12.8 Å². The van der Waals surface area contributed by atoms with E-state index in [1.54, 1.807) is 0 Å². The first-order chi connectivity index (χ1) is 9.19. The van der Waals surface area contributed by atoms with Crippen LogP contribution in [-0.4, -0.2) is 29.1 Å². The van der Waals surface area contributed by atoms with Crippen molar-refractivity contribution in [1.82, 2.24) is 10.3 Å². The molecule has 0 aliphatic carbocycles. The Morgan fingerprint density at radius 3 is 2.68 bits per heavy atom. The van der Waals surface area contributed by atoms with Crippen molar-refractivity contribution >= 4 is 22.7 Å². The standard InChI is InChI=1S/C16H22N2S/c1-12(2)19-11-15(17-3)10-14-9-8-13-6-4-5-7-16(13)18-14/h4-9,12,15,17H,10-11H2,1-3H3. The van der Waals surface area contributed by atoms with E-state index < -0.39 is 0 Å². The number of hydrogen-bond acceptors (Lipinski definition) is 3. The summed E-state index contributed by atoms with van der Waals surface area (Å²) in [4.78, 5) is 4.74. The minimum atomic E-state index is 0.487. The first kappa shape index (κ1) is 14.4. The van der Waals surface area contributed by atoms with E-state index >= 15 is 0 Å². The van der Waals surface area contributed by atoms with Crippen LogP contribution in [0.15, 0.2) is 36.4 Å². The van der Waals surface area contributed by atoms with Crippen LogP contribution in [0.2, 0.25) is 0 Å². The Bertz CT molecular complexity index is 525. The normalized spacial score (nSPS) is 13.1. The number of para-hydroxylation sites is 1. The monoisotopic (exact) mass is 274 g/mol. The smallest absolute Gasteiger partial charge is 0.0705 e. The number of hydrogen-bond donors (Lipinski definition) is 1. The molecule has 1 aromatic carbocycles. The average Bonchev–Trinajstić information content (AvgIpc) is 2.43. The van der Waals surface area contributed by atoms with E-state index in [2.05, 4.69) is 49.5 Å². The fraction of sp³-hybridized carbons (Fsp3) is 0.438. The molecule has 2 aromatic rings. The number of fused-ring (bicyclic) bond motifs is 1. The van der Waals surface area contributed by atoms with Crippen molar-refractivity contribution in [1.29, 1.82) is 0 Å². The third-order valence-electron chi connectivity index (χ3n) is 3.15. The van der Waals surface area contributed by atoms with Gasteiger partial charge in [-0.1, -0.05) is 38.1 Å². The van der Waals surface area contributed by atoms with Crippen molar-refractivity contribution in [3.8, 4) is 0 Å². The molecule has 102 valence electrons. The van der Waals surface area contributed by atoms with Crippen molar-refractivity contribution < 1.29 is 0 Å². The Hall–Kier alpha value is -1.06. The molecular formula is C16H22N2S. The van der Waals surface area contributed by atoms with Gasteiger partial charge in [0.15, 0.2) is 0 Å². The molecule has 0 fully saturated rings. The molecule has 1 heterocycles. The number of aromatic nitrogens is 1. The quantitative estimate of drug-likeness (QED) is 0.872. The van der Waals surface area contributed by atoms with Gasteiger partial charge in [0, 0.05) is 29.3 Å². The summed E-state index contributed by atoms with van der Waals surface area (Å²) in [6, 6.07) is 13.1. The summed E-state index contributed by atoms with van der Waals surface area (Å²) in [6.45, 7) is 4.48. The fourth-order valence-corrected chi connectivity index (χ4v) is 2.93. The van der Waals surface area contributed by atoms with Crippen LogP contribution < -0.4 is 5.32 Å². The summed E-state index contributed by atoms with van der Waals surface area (Å²) < 4.78 is 0. The van der Waals surface area contributed by atoms with Gasteiger partial charge in [-0.2, -0.15) is 11.8 Å². The molecule has 1 N–H and O–H groups in total. The molecule has 1 atom stereocenters. The topological polar surface area (TPSA) is 24.9 Å². The second kappa shape index (κ2) is 6.92. The van der Waals surface area contributed by atoms with Gasteiger partial charge in [0.25, 0.3) is 0 Å². The molecule has 0 radical (unpaired) electrons. The van der Waals surface area contributed by atoms with Gasteiger partial charge in [0.1, 0.15) is 0 Å². The van der Waals surface area contributed by atoms with Gasteiger partial charge in [-0.3, -0.25) is 4.98 Å². The Morgan fingerprint density at radius 1 is 1.16 bits per heavy atom. The predicted octanol–water partition coefficient (Wildman–Crippen LogP) is 3.51. The van der Waals surface area contributed by atoms with E-state index in [4.69, 9.17) is 4.98 Å². The lowest BCUT2D eigenvalue weighted by Crippen LogP contribution is -2.30. The highest BCUT2D eigenvalue weighted by molar-refractivity contribution is 7.99. The highest BCUT2D eigenvalue weighted by Crippen LogP contribution is 2.15. The molecular weight excluding hydrogens is 252 g/mol. The van der Waals surface area contributed by atoms with Gasteiger partial charge in [0.2, 0.25) is 0 Å². The zero-order valence-corrected chi connectivity index (χ0v) is 12.7. The molecule has 1 aromatic heterocycles. The van der Waals surface area contributed by atoms with Gasteiger partial charge in [-0.05, 0) is 24.4 Å². The summed E-state index contributed by atoms with van der Waals surface area (Å²) in [7, 11) is 2.03. The Kier molecular flexibility index (Phi) is 5.23. The molecule has 0 spiro atoms. The second-order valence-corrected chi connectivity index (χ2v) is 6.68. The molecule has 2 rings (SSSR count). The van der Waals surface area contributed by atoms with Gasteiger partial charge >= 0.3 is 0 Å². The van der Waals surface area contributed by atoms with Crippen LogP contribution in [0.3, 0.4) is 0 Å². The molecule has 0 bridgehead atoms. The van der Waals surface area contributed by atoms with E-state index in [-0.39, 0.29) is 0 Å². The zero-order chi connectivity index (χ0) is 13.7. The highest BCUT2D eigenvalue weighted by Gasteiger charge is 2.10. The summed E-state index contributed by atoms with van der Waals surface area (Å²) in [5.41, 5.74) is 2.26. The van der Waals surface area contributed by atoms with E-state index in [9.17, 15) is 0 Å². The van der Waals surface area contributed by atoms with Crippen LogP contribution in [0, 0.1) is 0 Å². The maximum atomic E-state index is 4.74. The van der Waals surface area contributed by atoms with Crippen molar-refractivity contribution in [3.05, 3.63) is 42.1 Å². The van der Waals surface area contributed by atoms with Crippen LogP contribution >= 0.6 is 11.8 Å². The van der Waals surface area contributed by atoms with Gasteiger partial charge in [0.05, 0.1) is 5.52 Å². The van der Waals surface area contributed by atoms with Crippen LogP contribution in [0.25, 0.3) is 10.9 Å². The largest absolute Gasteiger partial charge is 0.316 e. The summed E-state index contributed by atoms with van der Waals surface area (Å²) >= 11 is 2.00. The number of pyridine rings is 1. The predicted molar refractivity (Wildman–Crippen MR) is 85.9 cm³/mol. The van der Waals surface area contributed by atoms with Crippen molar-refractivity contribution in [3.63, 3.8) is 0 Å². The molecule has 19 heavy (non-hydrogen) atoms. The Labute approximate surface area is 120 Å². The molecule has 0 saturated carbocycles. The SMILES string of the molecule is CNC(CSC(C)C)Cc1ccc2ccccc2n1. The van der Waals surface area contributed by atoms with Gasteiger partial charge < -0.3 is 5.32 Å². The number of nitrogens with one attached hydrogen (secondary N) is 1. The molecule has 2 nitrogen and oxygen atoms in total. The second-order valence-electron chi connectivity index (χ2n) is 5.07. The van der Waals surface area contributed by atoms with Crippen molar-refractivity contribution in [2.24, 2.45) is 0 Å². The van der Waals surface area contributed by atoms with Crippen LogP contribution in [0.4, 0.5) is 0 Å². The van der Waals surface area contributed by atoms with Crippen molar-refractivity contribution in [2.45, 2.75) is 31.6 Å². The number of likely N-dealkylation sites (N-methyl/N-ethyl adjacent to an activating group) is 1. The molecule has 0 saturated heterocycles. The van der Waals surface area contributed by atoms with Crippen LogP contribution in [0.5, 0.6) is 0 Å². The third-order valence-corrected chi connectivity index (χ3v) is 4.41. The molecule has 0 aliphatic heterocycles. The maximum Gasteiger partial charge on any atom is 0.0705 e. The van der Waals surface area contributed by atoms with Gasteiger partial charge in [-0.15, -0.1) is 0 Å². The molecule has 0 amide bonds. The number of rotatable bonds is 6. The molecule has 0 aliphatic rings. The molecule has 1 unspecified atom stereocenters. The number of nitrogens with zero attached hydrogens (tertiary/aromatic N) is 1. The Morgan fingerprint density at radius 2 is 1.95 bits per heavy atom. The minimum Gasteiger partial charge on any atom is -0.316 e. The number of thioether (sulfide) groups is 1. The van der Waals surface area contributed by atoms with Crippen LogP contribution in [0.1, 0.15) is 19.5 Å². The zero-order valence-electron chi connectivity index (χ0n) is 11.9. The van der Waals surface area contributed by atoms with E-state index in [0.29, 0.717) is 11.3 Å². The average molecular weight is 274 g/mol. The summed E-state index contributed by atoms with van der Waals surface area (Å²) in [5.74, 6) is 1.13. The minimum absolute atomic E-state index is 0.487. The first-order valence-electron chi connectivity index (χ1n) is 6.82. The summed E-state index contributed by atoms with van der Waals surface area (Å²) in [5, 5.41) is 5.29. The van der Waals surface area contributed by atoms with E-state index in [1.165, 1.54) is 11.1 Å². The lowest BCUT2D eigenvalue weighted by molar-refractivity contribution is 0.609. The third kappa shape index (κ3) is 4.22. The lowest BCUT2D eigenvalue weighted by atomic mass is 10.1. The summed E-state index contributed by atoms with van der Waals surface area (Å²) in [6.07, 6.45) is 0.987. The lowest BCUT2D eigenvalue weighted by Gasteiger charge is -2.17. The Balaban J connectivity index is 2.06.